The number of carbonyl (C=O) groups excluding carboxylic acids is 1. The van der Waals surface area contributed by atoms with Crippen LogP contribution in [0.25, 0.3) is 17.0 Å². The molecule has 6 rings (SSSR count). The van der Waals surface area contributed by atoms with Gasteiger partial charge in [-0.3, -0.25) is 9.36 Å². The summed E-state index contributed by atoms with van der Waals surface area (Å²) in [5.41, 5.74) is 5.33. The topological polar surface area (TPSA) is 74.8 Å². The fourth-order valence-electron chi connectivity index (χ4n) is 5.85. The van der Waals surface area contributed by atoms with E-state index in [4.69, 9.17) is 26.1 Å². The highest BCUT2D eigenvalue weighted by Gasteiger charge is 2.35. The lowest BCUT2D eigenvalue weighted by atomic mass is 9.95. The van der Waals surface area contributed by atoms with Crippen molar-refractivity contribution in [3.63, 3.8) is 0 Å². The van der Waals surface area contributed by atoms with Gasteiger partial charge in [0.25, 0.3) is 5.56 Å². The van der Waals surface area contributed by atoms with Crippen LogP contribution in [0.5, 0.6) is 5.75 Å². The first-order valence-corrected chi connectivity index (χ1v) is 15.8. The van der Waals surface area contributed by atoms with Crippen LogP contribution in [0.15, 0.2) is 93.9 Å². The van der Waals surface area contributed by atoms with Crippen LogP contribution in [0.4, 0.5) is 0 Å². The molecule has 0 fully saturated rings. The molecule has 44 heavy (non-hydrogen) atoms. The van der Waals surface area contributed by atoms with Crippen LogP contribution in [0.3, 0.4) is 0 Å². The smallest absolute Gasteiger partial charge is 0.338 e. The number of halogens is 1. The van der Waals surface area contributed by atoms with E-state index in [0.717, 1.165) is 27.7 Å². The lowest BCUT2D eigenvalue weighted by molar-refractivity contribution is -0.139. The minimum Gasteiger partial charge on any atom is -0.494 e. The van der Waals surface area contributed by atoms with Gasteiger partial charge in [0.1, 0.15) is 11.8 Å². The average molecular weight is 626 g/mol. The summed E-state index contributed by atoms with van der Waals surface area (Å²) in [4.78, 5) is 32.9. The van der Waals surface area contributed by atoms with Crippen molar-refractivity contribution in [3.05, 3.63) is 131 Å². The van der Waals surface area contributed by atoms with Gasteiger partial charge in [-0.05, 0) is 57.5 Å². The van der Waals surface area contributed by atoms with Crippen molar-refractivity contribution in [2.45, 2.75) is 40.3 Å². The number of rotatable bonds is 8. The number of benzene rings is 3. The minimum atomic E-state index is -0.752. The number of nitrogens with zero attached hydrogens (tertiary/aromatic N) is 3. The van der Waals surface area contributed by atoms with Gasteiger partial charge in [-0.15, -0.1) is 0 Å². The molecule has 3 heterocycles. The molecule has 1 aliphatic rings. The van der Waals surface area contributed by atoms with Crippen LogP contribution in [-0.2, 0) is 16.1 Å². The minimum absolute atomic E-state index is 0.206. The van der Waals surface area contributed by atoms with Crippen molar-refractivity contribution in [1.82, 2.24) is 9.13 Å². The fraction of sp³-hybridized carbons (Fsp3) is 0.229. The van der Waals surface area contributed by atoms with Crippen LogP contribution in [0.1, 0.15) is 49.2 Å². The molecule has 0 spiro atoms. The van der Waals surface area contributed by atoms with E-state index in [1.807, 2.05) is 73.7 Å². The van der Waals surface area contributed by atoms with Crippen molar-refractivity contribution >= 4 is 45.9 Å². The zero-order chi connectivity index (χ0) is 31.0. The maximum absolute atomic E-state index is 14.3. The summed E-state index contributed by atoms with van der Waals surface area (Å²) in [6.45, 7) is 8.75. The van der Waals surface area contributed by atoms with Gasteiger partial charge in [0.05, 0.1) is 29.0 Å². The first-order chi connectivity index (χ1) is 21.3. The molecule has 0 saturated heterocycles. The normalized spacial score (nSPS) is 14.9. The van der Waals surface area contributed by atoms with E-state index in [1.165, 1.54) is 11.3 Å². The van der Waals surface area contributed by atoms with Gasteiger partial charge >= 0.3 is 5.97 Å². The number of esters is 1. The molecule has 1 atom stereocenters. The molecule has 0 N–H and O–H groups in total. The molecule has 0 amide bonds. The molecule has 7 nitrogen and oxygen atoms in total. The number of aromatic nitrogens is 2. The molecule has 5 aromatic rings. The molecule has 0 saturated carbocycles. The first kappa shape index (κ1) is 29.7. The number of fused-ring (bicyclic) bond motifs is 2. The van der Waals surface area contributed by atoms with Crippen LogP contribution >= 0.6 is 22.9 Å². The van der Waals surface area contributed by atoms with Gasteiger partial charge in [0.2, 0.25) is 0 Å². The van der Waals surface area contributed by atoms with E-state index in [-0.39, 0.29) is 12.2 Å². The maximum atomic E-state index is 14.3. The average Bonchev–Trinajstić information content (AvgIpc) is 3.46. The van der Waals surface area contributed by atoms with E-state index in [9.17, 15) is 9.59 Å². The molecule has 1 aliphatic heterocycles. The Labute approximate surface area is 264 Å². The number of para-hydroxylation sites is 2. The predicted molar refractivity (Wildman–Crippen MR) is 175 cm³/mol. The molecule has 0 radical (unpaired) electrons. The number of allylic oxidation sites excluding steroid dienone is 1. The van der Waals surface area contributed by atoms with Gasteiger partial charge in [0.15, 0.2) is 4.80 Å². The van der Waals surface area contributed by atoms with Gasteiger partial charge in [-0.2, -0.15) is 0 Å². The summed E-state index contributed by atoms with van der Waals surface area (Å²) >= 11 is 7.84. The second-order valence-corrected chi connectivity index (χ2v) is 11.9. The van der Waals surface area contributed by atoms with Crippen molar-refractivity contribution in [1.29, 1.82) is 0 Å². The number of carbonyl (C=O) groups is 1. The van der Waals surface area contributed by atoms with E-state index >= 15 is 0 Å². The van der Waals surface area contributed by atoms with Gasteiger partial charge in [-0.25, -0.2) is 9.79 Å². The van der Waals surface area contributed by atoms with Gasteiger partial charge in [0, 0.05) is 39.3 Å². The molecule has 9 heteroatoms. The van der Waals surface area contributed by atoms with Crippen molar-refractivity contribution in [2.24, 2.45) is 4.99 Å². The summed E-state index contributed by atoms with van der Waals surface area (Å²) in [5, 5.41) is 1.74. The number of ether oxygens (including phenoxy) is 2. The van der Waals surface area contributed by atoms with Crippen LogP contribution in [0, 0.1) is 6.92 Å². The Hall–Kier alpha value is -4.40. The van der Waals surface area contributed by atoms with Crippen molar-refractivity contribution in [3.8, 4) is 5.75 Å². The molecule has 0 aliphatic carbocycles. The Balaban J connectivity index is 1.57. The molecule has 3 aromatic carbocycles. The first-order valence-electron chi connectivity index (χ1n) is 14.6. The fourth-order valence-corrected chi connectivity index (χ4v) is 7.07. The third-order valence-electron chi connectivity index (χ3n) is 7.87. The Morgan fingerprint density at radius 2 is 1.73 bits per heavy atom. The number of hydrogen-bond acceptors (Lipinski definition) is 6. The Morgan fingerprint density at radius 1 is 1.00 bits per heavy atom. The molecule has 0 bridgehead atoms. The van der Waals surface area contributed by atoms with Crippen LogP contribution in [0.2, 0.25) is 5.02 Å². The van der Waals surface area contributed by atoms with Crippen LogP contribution < -0.4 is 19.6 Å². The quantitative estimate of drug-likeness (QED) is 0.194. The number of thiazole rings is 1. The lowest BCUT2D eigenvalue weighted by Crippen LogP contribution is -2.40. The molecular formula is C35H32ClN3O4S. The standard InChI is InChI=1S/C35H32ClN3O4S/c1-5-42-29-18-12-9-15-25(29)32-31(34(41)43-6-2)21(3)37-35-39(32)33(40)30(44-35)19-26-22(4)38(28-17-11-8-14-24(26)28)20-23-13-7-10-16-27(23)36/h7-19,32H,5-6,20H2,1-4H3/b30-19-/t32-/m0/s1. The van der Waals surface area contributed by atoms with Crippen molar-refractivity contribution < 1.29 is 14.3 Å². The van der Waals surface area contributed by atoms with E-state index < -0.39 is 12.0 Å². The van der Waals surface area contributed by atoms with Crippen LogP contribution in [-0.4, -0.2) is 28.3 Å². The summed E-state index contributed by atoms with van der Waals surface area (Å²) in [7, 11) is 0. The second kappa shape index (κ2) is 12.3. The maximum Gasteiger partial charge on any atom is 0.338 e. The predicted octanol–water partition coefficient (Wildman–Crippen LogP) is 6.16. The monoisotopic (exact) mass is 625 g/mol. The summed E-state index contributed by atoms with van der Waals surface area (Å²) < 4.78 is 15.8. The van der Waals surface area contributed by atoms with Gasteiger partial charge in [-0.1, -0.05) is 77.5 Å². The highest BCUT2D eigenvalue weighted by atomic mass is 35.5. The Kier molecular flexibility index (Phi) is 8.29. The van der Waals surface area contributed by atoms with E-state index in [2.05, 4.69) is 23.6 Å². The second-order valence-electron chi connectivity index (χ2n) is 10.5. The Morgan fingerprint density at radius 3 is 2.50 bits per heavy atom. The third-order valence-corrected chi connectivity index (χ3v) is 9.22. The highest BCUT2D eigenvalue weighted by molar-refractivity contribution is 7.07. The zero-order valence-electron chi connectivity index (χ0n) is 25.0. The molecule has 224 valence electrons. The molecular weight excluding hydrogens is 594 g/mol. The van der Waals surface area contributed by atoms with E-state index in [0.29, 0.717) is 50.1 Å². The zero-order valence-corrected chi connectivity index (χ0v) is 26.5. The Bertz CT molecular complexity index is 2120. The SMILES string of the molecule is CCOC(=O)C1=C(C)N=c2s/c(=C\c3c(C)n(Cc4ccccc4Cl)c4ccccc34)c(=O)n2[C@H]1c1ccccc1OCC. The largest absolute Gasteiger partial charge is 0.494 e. The van der Waals surface area contributed by atoms with Crippen molar-refractivity contribution in [2.75, 3.05) is 13.2 Å². The molecule has 2 aromatic heterocycles. The molecule has 0 unspecified atom stereocenters. The summed E-state index contributed by atoms with van der Waals surface area (Å²) in [5.74, 6) is 0.0994. The summed E-state index contributed by atoms with van der Waals surface area (Å²) in [6, 6.07) is 22.7. The summed E-state index contributed by atoms with van der Waals surface area (Å²) in [6.07, 6.45) is 1.94. The number of hydrogen-bond donors (Lipinski definition) is 0. The van der Waals surface area contributed by atoms with E-state index in [1.54, 1.807) is 18.4 Å². The third kappa shape index (κ3) is 5.18. The highest BCUT2D eigenvalue weighted by Crippen LogP contribution is 2.36. The van der Waals surface area contributed by atoms with Gasteiger partial charge < -0.3 is 14.0 Å². The lowest BCUT2D eigenvalue weighted by Gasteiger charge is -2.26.